The van der Waals surface area contributed by atoms with Crippen molar-refractivity contribution in [2.75, 3.05) is 39.5 Å². The molecule has 0 aliphatic carbocycles. The van der Waals surface area contributed by atoms with Crippen molar-refractivity contribution in [3.05, 3.63) is 0 Å². The molecular formula is C9H17N3O7S. The van der Waals surface area contributed by atoms with Crippen molar-refractivity contribution < 1.29 is 33.0 Å². The minimum absolute atomic E-state index is 0.255. The first-order chi connectivity index (χ1) is 9.06. The van der Waals surface area contributed by atoms with Crippen LogP contribution >= 0.6 is 0 Å². The molecule has 0 aromatic carbocycles. The van der Waals surface area contributed by atoms with Crippen molar-refractivity contribution in [3.63, 3.8) is 0 Å². The third kappa shape index (κ3) is 6.89. The predicted octanol–water partition coefficient (Wildman–Crippen LogP) is -1.94. The number of carboxylic acids is 2. The zero-order valence-electron chi connectivity index (χ0n) is 11.1. The molecule has 0 spiro atoms. The number of carboxylic acid groups (broad SMARTS) is 2. The van der Waals surface area contributed by atoms with Gasteiger partial charge in [0, 0.05) is 20.6 Å². The van der Waals surface area contributed by atoms with Crippen LogP contribution in [0.25, 0.3) is 0 Å². The molecule has 0 aliphatic heterocycles. The van der Waals surface area contributed by atoms with Gasteiger partial charge in [0.2, 0.25) is 10.0 Å². The highest BCUT2D eigenvalue weighted by molar-refractivity contribution is 7.89. The number of nitrogens with zero attached hydrogens (tertiary/aromatic N) is 2. The van der Waals surface area contributed by atoms with Crippen LogP contribution < -0.4 is 5.32 Å². The van der Waals surface area contributed by atoms with Crippen molar-refractivity contribution in [2.24, 2.45) is 0 Å². The Balaban J connectivity index is 4.47. The molecule has 2 amide bonds. The molecule has 0 atom stereocenters. The fourth-order valence-electron chi connectivity index (χ4n) is 1.11. The van der Waals surface area contributed by atoms with E-state index in [2.05, 4.69) is 5.32 Å². The number of hydrogen-bond donors (Lipinski definition) is 3. The molecule has 20 heavy (non-hydrogen) atoms. The Hall–Kier alpha value is -1.88. The van der Waals surface area contributed by atoms with E-state index in [1.807, 2.05) is 0 Å². The normalized spacial score (nSPS) is 11.2. The number of amides is 2. The minimum Gasteiger partial charge on any atom is -0.480 e. The molecule has 0 aromatic rings. The predicted molar refractivity (Wildman–Crippen MR) is 67.7 cm³/mol. The summed E-state index contributed by atoms with van der Waals surface area (Å²) < 4.78 is 23.8. The van der Waals surface area contributed by atoms with Gasteiger partial charge in [-0.1, -0.05) is 0 Å². The van der Waals surface area contributed by atoms with Gasteiger partial charge in [-0.15, -0.1) is 0 Å². The standard InChI is InChI=1S/C9H17N3O7S/c1-11(2)20(18,19)4-3-10-9(17)12(5-7(13)14)6-8(15)16/h3-6H2,1-2H3,(H,10,17)(H,13,14)(H,15,16). The second-order valence-corrected chi connectivity index (χ2v) is 6.28. The molecule has 0 rings (SSSR count). The van der Waals surface area contributed by atoms with Crippen LogP contribution in [0.4, 0.5) is 4.79 Å². The van der Waals surface area contributed by atoms with Gasteiger partial charge in [0.25, 0.3) is 0 Å². The number of carbonyl (C=O) groups excluding carboxylic acids is 1. The highest BCUT2D eigenvalue weighted by atomic mass is 32.2. The Morgan fingerprint density at radius 3 is 1.85 bits per heavy atom. The minimum atomic E-state index is -3.50. The summed E-state index contributed by atoms with van der Waals surface area (Å²) in [6, 6.07) is -0.955. The number of aliphatic carboxylic acids is 2. The topological polar surface area (TPSA) is 144 Å². The maximum Gasteiger partial charge on any atom is 0.323 e. The Kier molecular flexibility index (Phi) is 6.93. The number of nitrogens with one attached hydrogen (secondary N) is 1. The maximum absolute atomic E-state index is 11.5. The molecular weight excluding hydrogens is 294 g/mol. The van der Waals surface area contributed by atoms with E-state index in [9.17, 15) is 22.8 Å². The Morgan fingerprint density at radius 2 is 1.50 bits per heavy atom. The summed E-state index contributed by atoms with van der Waals surface area (Å²) in [4.78, 5) is 33.1. The number of sulfonamides is 1. The SMILES string of the molecule is CN(C)S(=O)(=O)CCNC(=O)N(CC(=O)O)CC(=O)O. The number of carbonyl (C=O) groups is 3. The molecule has 0 saturated heterocycles. The summed E-state index contributed by atoms with van der Waals surface area (Å²) in [5.74, 6) is -3.12. The quantitative estimate of drug-likeness (QED) is 0.473. The zero-order valence-corrected chi connectivity index (χ0v) is 11.9. The maximum atomic E-state index is 11.5. The first kappa shape index (κ1) is 18.1. The third-order valence-corrected chi connectivity index (χ3v) is 3.96. The molecule has 0 bridgehead atoms. The van der Waals surface area contributed by atoms with Gasteiger partial charge in [-0.3, -0.25) is 9.59 Å². The first-order valence-electron chi connectivity index (χ1n) is 5.43. The smallest absolute Gasteiger partial charge is 0.323 e. The Morgan fingerprint density at radius 1 is 1.05 bits per heavy atom. The van der Waals surface area contributed by atoms with Gasteiger partial charge in [0.15, 0.2) is 0 Å². The van der Waals surface area contributed by atoms with Gasteiger partial charge >= 0.3 is 18.0 Å². The van der Waals surface area contributed by atoms with E-state index in [0.717, 1.165) is 4.31 Å². The molecule has 0 unspecified atom stereocenters. The van der Waals surface area contributed by atoms with Crippen LogP contribution in [0.3, 0.4) is 0 Å². The summed E-state index contributed by atoms with van der Waals surface area (Å²) in [6.45, 7) is -1.84. The van der Waals surface area contributed by atoms with Gasteiger partial charge in [0.05, 0.1) is 5.75 Å². The lowest BCUT2D eigenvalue weighted by Crippen LogP contribution is -2.46. The van der Waals surface area contributed by atoms with Gasteiger partial charge in [-0.05, 0) is 0 Å². The van der Waals surface area contributed by atoms with Crippen molar-refractivity contribution in [3.8, 4) is 0 Å². The van der Waals surface area contributed by atoms with Crippen LogP contribution in [0.5, 0.6) is 0 Å². The lowest BCUT2D eigenvalue weighted by Gasteiger charge is -2.19. The molecule has 116 valence electrons. The fraction of sp³-hybridized carbons (Fsp3) is 0.667. The molecule has 0 aromatic heterocycles. The van der Waals surface area contributed by atoms with Crippen LogP contribution in [-0.4, -0.2) is 85.3 Å². The summed E-state index contributed by atoms with van der Waals surface area (Å²) in [7, 11) is -0.835. The van der Waals surface area contributed by atoms with E-state index in [0.29, 0.717) is 4.90 Å². The monoisotopic (exact) mass is 311 g/mol. The molecule has 10 nitrogen and oxygen atoms in total. The van der Waals surface area contributed by atoms with Crippen LogP contribution in [0.1, 0.15) is 0 Å². The molecule has 0 radical (unpaired) electrons. The molecule has 0 fully saturated rings. The highest BCUT2D eigenvalue weighted by Gasteiger charge is 2.20. The number of urea groups is 1. The van der Waals surface area contributed by atoms with E-state index in [1.54, 1.807) is 0 Å². The van der Waals surface area contributed by atoms with E-state index in [4.69, 9.17) is 10.2 Å². The second-order valence-electron chi connectivity index (χ2n) is 3.97. The summed E-state index contributed by atoms with van der Waals surface area (Å²) in [5, 5.41) is 19.3. The van der Waals surface area contributed by atoms with Gasteiger partial charge in [0.1, 0.15) is 13.1 Å². The first-order valence-corrected chi connectivity index (χ1v) is 7.03. The molecule has 0 heterocycles. The zero-order chi connectivity index (χ0) is 15.9. The van der Waals surface area contributed by atoms with Crippen LogP contribution in [-0.2, 0) is 19.6 Å². The van der Waals surface area contributed by atoms with Crippen molar-refractivity contribution in [2.45, 2.75) is 0 Å². The van der Waals surface area contributed by atoms with Crippen LogP contribution in [0, 0.1) is 0 Å². The molecule has 11 heteroatoms. The van der Waals surface area contributed by atoms with Gasteiger partial charge < -0.3 is 20.4 Å². The lowest BCUT2D eigenvalue weighted by atomic mass is 10.5. The summed E-state index contributed by atoms with van der Waals surface area (Å²) in [5.41, 5.74) is 0. The number of hydrogen-bond acceptors (Lipinski definition) is 5. The van der Waals surface area contributed by atoms with E-state index < -0.39 is 41.1 Å². The lowest BCUT2D eigenvalue weighted by molar-refractivity contribution is -0.140. The largest absolute Gasteiger partial charge is 0.480 e. The van der Waals surface area contributed by atoms with Crippen LogP contribution in [0.15, 0.2) is 0 Å². The van der Waals surface area contributed by atoms with Crippen molar-refractivity contribution >= 4 is 28.0 Å². The molecule has 0 aliphatic rings. The van der Waals surface area contributed by atoms with Crippen molar-refractivity contribution in [1.82, 2.24) is 14.5 Å². The third-order valence-electron chi connectivity index (χ3n) is 2.13. The van der Waals surface area contributed by atoms with Gasteiger partial charge in [-0.2, -0.15) is 0 Å². The van der Waals surface area contributed by atoms with E-state index in [1.165, 1.54) is 14.1 Å². The molecule has 3 N–H and O–H groups in total. The van der Waals surface area contributed by atoms with E-state index >= 15 is 0 Å². The van der Waals surface area contributed by atoms with Crippen LogP contribution in [0.2, 0.25) is 0 Å². The average molecular weight is 311 g/mol. The number of rotatable bonds is 8. The highest BCUT2D eigenvalue weighted by Crippen LogP contribution is 1.94. The summed E-state index contributed by atoms with van der Waals surface area (Å²) >= 11 is 0. The fourth-order valence-corrected chi connectivity index (χ4v) is 1.83. The van der Waals surface area contributed by atoms with E-state index in [-0.39, 0.29) is 12.3 Å². The Bertz CT molecular complexity index is 458. The second kappa shape index (κ2) is 7.65. The van der Waals surface area contributed by atoms with Gasteiger partial charge in [-0.25, -0.2) is 17.5 Å². The Labute approximate surface area is 116 Å². The van der Waals surface area contributed by atoms with Crippen molar-refractivity contribution in [1.29, 1.82) is 0 Å². The summed E-state index contributed by atoms with van der Waals surface area (Å²) in [6.07, 6.45) is 0. The molecule has 0 saturated carbocycles. The average Bonchev–Trinajstić information content (AvgIpc) is 2.26.